The highest BCUT2D eigenvalue weighted by Crippen LogP contribution is 2.28. The lowest BCUT2D eigenvalue weighted by Crippen LogP contribution is -2.38. The van der Waals surface area contributed by atoms with Crippen molar-refractivity contribution in [2.45, 2.75) is 4.90 Å². The highest BCUT2D eigenvalue weighted by Gasteiger charge is 2.18. The molecule has 0 aliphatic carbocycles. The lowest BCUT2D eigenvalue weighted by atomic mass is 10.4. The van der Waals surface area contributed by atoms with Gasteiger partial charge in [-0.05, 0) is 12.1 Å². The summed E-state index contributed by atoms with van der Waals surface area (Å²) in [5.41, 5.74) is 5.40. The molecule has 0 heterocycles. The predicted molar refractivity (Wildman–Crippen MR) is 77.2 cm³/mol. The maximum atomic E-state index is 12.0. The minimum absolute atomic E-state index is 0.000685. The number of nitrogens with two attached hydrogens (primary N) is 1. The molecule has 0 atom stereocenters. The Morgan fingerprint density at radius 2 is 2.05 bits per heavy atom. The summed E-state index contributed by atoms with van der Waals surface area (Å²) >= 11 is 11.6. The molecule has 0 bridgehead atoms. The molecule has 0 aliphatic heterocycles. The van der Waals surface area contributed by atoms with E-state index in [1.54, 1.807) is 0 Å². The summed E-state index contributed by atoms with van der Waals surface area (Å²) in [6.07, 6.45) is 0. The first-order valence-electron chi connectivity index (χ1n) is 5.28. The van der Waals surface area contributed by atoms with Crippen molar-refractivity contribution in [3.63, 3.8) is 0 Å². The van der Waals surface area contributed by atoms with E-state index in [9.17, 15) is 8.42 Å². The molecule has 9 heteroatoms. The van der Waals surface area contributed by atoms with Crippen molar-refractivity contribution < 1.29 is 8.42 Å². The fourth-order valence-electron chi connectivity index (χ4n) is 1.22. The van der Waals surface area contributed by atoms with E-state index < -0.39 is 10.0 Å². The van der Waals surface area contributed by atoms with Gasteiger partial charge in [0.2, 0.25) is 10.0 Å². The number of halogens is 2. The Morgan fingerprint density at radius 3 is 2.68 bits per heavy atom. The van der Waals surface area contributed by atoms with Gasteiger partial charge in [-0.2, -0.15) is 0 Å². The average molecular weight is 325 g/mol. The Hall–Kier alpha value is -1.02. The van der Waals surface area contributed by atoms with E-state index in [0.717, 1.165) is 0 Å². The van der Waals surface area contributed by atoms with Gasteiger partial charge >= 0.3 is 0 Å². The SMILES string of the molecule is CN=C(N)NCCNS(=O)(=O)c1cccc(Cl)c1Cl. The number of rotatable bonds is 5. The Bertz CT molecular complexity index is 575. The van der Waals surface area contributed by atoms with Crippen LogP contribution in [0.4, 0.5) is 0 Å². The van der Waals surface area contributed by atoms with Crippen LogP contribution in [0.15, 0.2) is 28.1 Å². The van der Waals surface area contributed by atoms with E-state index >= 15 is 0 Å². The molecule has 4 N–H and O–H groups in total. The molecule has 0 radical (unpaired) electrons. The van der Waals surface area contributed by atoms with Crippen LogP contribution in [0.1, 0.15) is 0 Å². The Labute approximate surface area is 122 Å². The smallest absolute Gasteiger partial charge is 0.242 e. The van der Waals surface area contributed by atoms with Gasteiger partial charge in [-0.3, -0.25) is 4.99 Å². The quantitative estimate of drug-likeness (QED) is 0.424. The molecule has 0 saturated heterocycles. The summed E-state index contributed by atoms with van der Waals surface area (Å²) in [4.78, 5) is 3.62. The van der Waals surface area contributed by atoms with Crippen LogP contribution in [0.25, 0.3) is 0 Å². The van der Waals surface area contributed by atoms with Crippen LogP contribution in [0.3, 0.4) is 0 Å². The number of guanidine groups is 1. The molecule has 106 valence electrons. The van der Waals surface area contributed by atoms with E-state index in [-0.39, 0.29) is 27.4 Å². The second-order valence-corrected chi connectivity index (χ2v) is 6.01. The molecular weight excluding hydrogens is 311 g/mol. The number of sulfonamides is 1. The van der Waals surface area contributed by atoms with Gasteiger partial charge in [-0.15, -0.1) is 0 Å². The summed E-state index contributed by atoms with van der Waals surface area (Å²) in [6, 6.07) is 4.41. The highest BCUT2D eigenvalue weighted by atomic mass is 35.5. The molecule has 0 saturated carbocycles. The molecule has 0 amide bonds. The number of nitrogens with zero attached hydrogens (tertiary/aromatic N) is 1. The van der Waals surface area contributed by atoms with Crippen LogP contribution in [-0.4, -0.2) is 34.5 Å². The van der Waals surface area contributed by atoms with Gasteiger partial charge in [-0.1, -0.05) is 29.3 Å². The second-order valence-electron chi connectivity index (χ2n) is 3.49. The molecule has 0 aromatic heterocycles. The van der Waals surface area contributed by atoms with Gasteiger partial charge in [-0.25, -0.2) is 13.1 Å². The zero-order chi connectivity index (χ0) is 14.5. The van der Waals surface area contributed by atoms with Gasteiger partial charge in [0.1, 0.15) is 4.90 Å². The maximum absolute atomic E-state index is 12.0. The van der Waals surface area contributed by atoms with Gasteiger partial charge in [0.25, 0.3) is 0 Å². The van der Waals surface area contributed by atoms with Crippen molar-refractivity contribution in [1.82, 2.24) is 10.0 Å². The van der Waals surface area contributed by atoms with Crippen molar-refractivity contribution in [2.24, 2.45) is 10.7 Å². The van der Waals surface area contributed by atoms with Crippen molar-refractivity contribution in [3.05, 3.63) is 28.2 Å². The lowest BCUT2D eigenvalue weighted by Gasteiger charge is -2.09. The molecule has 6 nitrogen and oxygen atoms in total. The van der Waals surface area contributed by atoms with Crippen LogP contribution in [-0.2, 0) is 10.0 Å². The Kier molecular flexibility index (Phi) is 5.86. The summed E-state index contributed by atoms with van der Waals surface area (Å²) in [7, 11) is -2.18. The molecule has 0 spiro atoms. The summed E-state index contributed by atoms with van der Waals surface area (Å²) in [5, 5.41) is 2.91. The van der Waals surface area contributed by atoms with E-state index in [2.05, 4.69) is 15.0 Å². The molecule has 1 aromatic rings. The van der Waals surface area contributed by atoms with Crippen molar-refractivity contribution in [2.75, 3.05) is 20.1 Å². The Morgan fingerprint density at radius 1 is 1.37 bits per heavy atom. The summed E-state index contributed by atoms with van der Waals surface area (Å²) in [6.45, 7) is 0.446. The first kappa shape index (κ1) is 16.0. The largest absolute Gasteiger partial charge is 0.370 e. The van der Waals surface area contributed by atoms with Crippen LogP contribution in [0.5, 0.6) is 0 Å². The van der Waals surface area contributed by atoms with E-state index in [1.165, 1.54) is 25.2 Å². The number of hydrogen-bond acceptors (Lipinski definition) is 3. The van der Waals surface area contributed by atoms with Gasteiger partial charge in [0, 0.05) is 20.1 Å². The topological polar surface area (TPSA) is 96.6 Å². The first-order chi connectivity index (χ1) is 8.88. The first-order valence-corrected chi connectivity index (χ1v) is 7.52. The second kappa shape index (κ2) is 6.95. The minimum atomic E-state index is -3.71. The third kappa shape index (κ3) is 4.54. The minimum Gasteiger partial charge on any atom is -0.370 e. The van der Waals surface area contributed by atoms with Gasteiger partial charge < -0.3 is 11.1 Å². The third-order valence-corrected chi connectivity index (χ3v) is 4.60. The normalized spacial score (nSPS) is 12.5. The molecular formula is C10H14Cl2N4O2S. The predicted octanol–water partition coefficient (Wildman–Crippen LogP) is 0.806. The van der Waals surface area contributed by atoms with Crippen molar-refractivity contribution in [1.29, 1.82) is 0 Å². The zero-order valence-electron chi connectivity index (χ0n) is 10.2. The lowest BCUT2D eigenvalue weighted by molar-refractivity contribution is 0.581. The number of aliphatic imine (C=N–C) groups is 1. The monoisotopic (exact) mass is 324 g/mol. The summed E-state index contributed by atoms with van der Waals surface area (Å²) in [5.74, 6) is 0.236. The molecule has 19 heavy (non-hydrogen) atoms. The average Bonchev–Trinajstić information content (AvgIpc) is 2.37. The summed E-state index contributed by atoms with van der Waals surface area (Å²) < 4.78 is 26.3. The van der Waals surface area contributed by atoms with Crippen LogP contribution in [0.2, 0.25) is 10.0 Å². The van der Waals surface area contributed by atoms with Gasteiger partial charge in [0.15, 0.2) is 5.96 Å². The van der Waals surface area contributed by atoms with Crippen LogP contribution in [0, 0.1) is 0 Å². The third-order valence-electron chi connectivity index (χ3n) is 2.17. The molecule has 0 aliphatic rings. The van der Waals surface area contributed by atoms with Gasteiger partial charge in [0.05, 0.1) is 10.0 Å². The molecule has 0 fully saturated rings. The standard InChI is InChI=1S/C10H14Cl2N4O2S/c1-14-10(13)15-5-6-16-19(17,18)8-4-2-3-7(11)9(8)12/h2-4,16H,5-6H2,1H3,(H3,13,14,15). The van der Waals surface area contributed by atoms with E-state index in [1.807, 2.05) is 0 Å². The zero-order valence-corrected chi connectivity index (χ0v) is 12.5. The van der Waals surface area contributed by atoms with Crippen molar-refractivity contribution >= 4 is 39.2 Å². The van der Waals surface area contributed by atoms with Crippen molar-refractivity contribution in [3.8, 4) is 0 Å². The van der Waals surface area contributed by atoms with E-state index in [0.29, 0.717) is 6.54 Å². The highest BCUT2D eigenvalue weighted by molar-refractivity contribution is 7.89. The van der Waals surface area contributed by atoms with Crippen LogP contribution >= 0.6 is 23.2 Å². The maximum Gasteiger partial charge on any atom is 0.242 e. The number of nitrogens with one attached hydrogen (secondary N) is 2. The fraction of sp³-hybridized carbons (Fsp3) is 0.300. The molecule has 1 rings (SSSR count). The fourth-order valence-corrected chi connectivity index (χ4v) is 3.02. The Balaban J connectivity index is 2.69. The molecule has 1 aromatic carbocycles. The number of hydrogen-bond donors (Lipinski definition) is 3. The van der Waals surface area contributed by atoms with E-state index in [4.69, 9.17) is 28.9 Å². The molecule has 0 unspecified atom stereocenters. The van der Waals surface area contributed by atoms with Crippen LogP contribution < -0.4 is 15.8 Å². The number of benzene rings is 1.